The van der Waals surface area contributed by atoms with Crippen LogP contribution in [0.5, 0.6) is 0 Å². The van der Waals surface area contributed by atoms with Crippen molar-refractivity contribution >= 4 is 11.9 Å². The number of carbonyl (C=O) groups excluding carboxylic acids is 1. The van der Waals surface area contributed by atoms with Crippen LogP contribution in [0.1, 0.15) is 26.7 Å². The summed E-state index contributed by atoms with van der Waals surface area (Å²) in [6.07, 6.45) is 1.05. The molecule has 0 saturated heterocycles. The molecule has 15 heavy (non-hydrogen) atoms. The Kier molecular flexibility index (Phi) is 7.62. The minimum absolute atomic E-state index is 0.203. The van der Waals surface area contributed by atoms with Crippen molar-refractivity contribution in [3.05, 3.63) is 0 Å². The van der Waals surface area contributed by atoms with Crippen molar-refractivity contribution in [1.82, 2.24) is 5.32 Å². The molecule has 0 saturated carbocycles. The third kappa shape index (κ3) is 7.93. The molecule has 0 bridgehead atoms. The zero-order valence-corrected chi connectivity index (χ0v) is 9.28. The molecule has 0 aromatic carbocycles. The lowest BCUT2D eigenvalue weighted by molar-refractivity contribution is -0.143. The molecule has 1 atom stereocenters. The molecule has 5 nitrogen and oxygen atoms in total. The topological polar surface area (TPSA) is 75.6 Å². The lowest BCUT2D eigenvalue weighted by Crippen LogP contribution is -2.27. The van der Waals surface area contributed by atoms with Gasteiger partial charge in [0.15, 0.2) is 0 Å². The molecule has 0 aliphatic carbocycles. The molecule has 88 valence electrons. The van der Waals surface area contributed by atoms with E-state index in [1.54, 1.807) is 13.8 Å². The first-order valence-corrected chi connectivity index (χ1v) is 5.17. The summed E-state index contributed by atoms with van der Waals surface area (Å²) >= 11 is 0. The Hall–Kier alpha value is -1.10. The van der Waals surface area contributed by atoms with Crippen molar-refractivity contribution in [3.8, 4) is 0 Å². The van der Waals surface area contributed by atoms with E-state index < -0.39 is 11.9 Å². The van der Waals surface area contributed by atoms with Gasteiger partial charge in [0.25, 0.3) is 0 Å². The summed E-state index contributed by atoms with van der Waals surface area (Å²) in [6.45, 7) is 4.88. The van der Waals surface area contributed by atoms with Gasteiger partial charge in [-0.2, -0.15) is 0 Å². The number of ether oxygens (including phenoxy) is 1. The molecule has 0 heterocycles. The van der Waals surface area contributed by atoms with Crippen LogP contribution in [0, 0.1) is 5.92 Å². The summed E-state index contributed by atoms with van der Waals surface area (Å²) < 4.78 is 4.75. The number of carboxylic acids is 1. The summed E-state index contributed by atoms with van der Waals surface area (Å²) in [7, 11) is 0. The van der Waals surface area contributed by atoms with Gasteiger partial charge in [-0.3, -0.25) is 9.59 Å². The summed E-state index contributed by atoms with van der Waals surface area (Å²) in [5, 5.41) is 11.6. The number of rotatable bonds is 8. The number of esters is 1. The van der Waals surface area contributed by atoms with Crippen molar-refractivity contribution in [2.45, 2.75) is 26.7 Å². The first kappa shape index (κ1) is 13.9. The fourth-order valence-electron chi connectivity index (χ4n) is 0.997. The molecule has 0 aromatic heterocycles. The SMILES string of the molecule is CCOC(=O)CCCNCC(C)C(=O)O. The van der Waals surface area contributed by atoms with Crippen molar-refractivity contribution in [3.63, 3.8) is 0 Å². The van der Waals surface area contributed by atoms with E-state index in [9.17, 15) is 9.59 Å². The van der Waals surface area contributed by atoms with Crippen LogP contribution >= 0.6 is 0 Å². The van der Waals surface area contributed by atoms with Gasteiger partial charge in [-0.1, -0.05) is 6.92 Å². The average Bonchev–Trinajstić information content (AvgIpc) is 2.17. The number of hydrogen-bond acceptors (Lipinski definition) is 4. The zero-order chi connectivity index (χ0) is 11.7. The molecule has 0 radical (unpaired) electrons. The highest BCUT2D eigenvalue weighted by Gasteiger charge is 2.09. The predicted octanol–water partition coefficient (Wildman–Crippen LogP) is 0.640. The van der Waals surface area contributed by atoms with Gasteiger partial charge in [-0.05, 0) is 19.9 Å². The van der Waals surface area contributed by atoms with Crippen LogP contribution in [0.4, 0.5) is 0 Å². The lowest BCUT2D eigenvalue weighted by atomic mass is 10.2. The highest BCUT2D eigenvalue weighted by atomic mass is 16.5. The van der Waals surface area contributed by atoms with E-state index in [1.807, 2.05) is 0 Å². The van der Waals surface area contributed by atoms with Crippen LogP contribution in [-0.4, -0.2) is 36.7 Å². The van der Waals surface area contributed by atoms with Gasteiger partial charge in [0.1, 0.15) is 0 Å². The van der Waals surface area contributed by atoms with Gasteiger partial charge in [-0.25, -0.2) is 0 Å². The molecule has 0 aliphatic rings. The maximum Gasteiger partial charge on any atom is 0.307 e. The highest BCUT2D eigenvalue weighted by Crippen LogP contribution is 1.94. The van der Waals surface area contributed by atoms with Crippen molar-refractivity contribution < 1.29 is 19.4 Å². The van der Waals surface area contributed by atoms with Crippen molar-refractivity contribution in [1.29, 1.82) is 0 Å². The van der Waals surface area contributed by atoms with Gasteiger partial charge in [0.05, 0.1) is 12.5 Å². The van der Waals surface area contributed by atoms with Crippen LogP contribution in [0.3, 0.4) is 0 Å². The molecule has 5 heteroatoms. The smallest absolute Gasteiger partial charge is 0.307 e. The van der Waals surface area contributed by atoms with Gasteiger partial charge in [0.2, 0.25) is 0 Å². The van der Waals surface area contributed by atoms with Crippen LogP contribution in [-0.2, 0) is 14.3 Å². The minimum Gasteiger partial charge on any atom is -0.481 e. The van der Waals surface area contributed by atoms with Crippen LogP contribution < -0.4 is 5.32 Å². The molecule has 0 rings (SSSR count). The first-order chi connectivity index (χ1) is 7.07. The second kappa shape index (κ2) is 8.23. The molecule has 1 unspecified atom stereocenters. The molecular weight excluding hydrogens is 198 g/mol. The van der Waals surface area contributed by atoms with Crippen LogP contribution in [0.25, 0.3) is 0 Å². The first-order valence-electron chi connectivity index (χ1n) is 5.17. The van der Waals surface area contributed by atoms with Crippen LogP contribution in [0.15, 0.2) is 0 Å². The summed E-state index contributed by atoms with van der Waals surface area (Å²) in [4.78, 5) is 21.3. The second-order valence-electron chi connectivity index (χ2n) is 3.35. The van der Waals surface area contributed by atoms with Crippen molar-refractivity contribution in [2.75, 3.05) is 19.7 Å². The highest BCUT2D eigenvalue weighted by molar-refractivity contribution is 5.69. The number of nitrogens with one attached hydrogen (secondary N) is 1. The molecule has 0 fully saturated rings. The summed E-state index contributed by atoms with van der Waals surface area (Å²) in [5.74, 6) is -1.41. The Labute approximate surface area is 89.8 Å². The fraction of sp³-hybridized carbons (Fsp3) is 0.800. The normalized spacial score (nSPS) is 12.1. The van der Waals surface area contributed by atoms with Gasteiger partial charge < -0.3 is 15.2 Å². The van der Waals surface area contributed by atoms with E-state index in [2.05, 4.69) is 5.32 Å². The van der Waals surface area contributed by atoms with E-state index in [1.165, 1.54) is 0 Å². The number of carboxylic acid groups (broad SMARTS) is 1. The standard InChI is InChI=1S/C10H19NO4/c1-3-15-9(12)5-4-6-11-7-8(2)10(13)14/h8,11H,3-7H2,1-2H3,(H,13,14). The monoisotopic (exact) mass is 217 g/mol. The van der Waals surface area contributed by atoms with E-state index in [-0.39, 0.29) is 5.97 Å². The van der Waals surface area contributed by atoms with Gasteiger partial charge in [-0.15, -0.1) is 0 Å². The Morgan fingerprint density at radius 3 is 2.67 bits per heavy atom. The number of carbonyl (C=O) groups is 2. The largest absolute Gasteiger partial charge is 0.481 e. The maximum absolute atomic E-state index is 10.9. The Morgan fingerprint density at radius 1 is 1.47 bits per heavy atom. The maximum atomic E-state index is 10.9. The predicted molar refractivity (Wildman–Crippen MR) is 55.5 cm³/mol. The Balaban J connectivity index is 3.32. The molecule has 0 aromatic rings. The van der Waals surface area contributed by atoms with Crippen molar-refractivity contribution in [2.24, 2.45) is 5.92 Å². The summed E-state index contributed by atoms with van der Waals surface area (Å²) in [6, 6.07) is 0. The molecular formula is C10H19NO4. The Morgan fingerprint density at radius 2 is 2.13 bits per heavy atom. The van der Waals surface area contributed by atoms with E-state index in [4.69, 9.17) is 9.84 Å². The lowest BCUT2D eigenvalue weighted by Gasteiger charge is -2.07. The van der Waals surface area contributed by atoms with E-state index in [0.717, 1.165) is 0 Å². The average molecular weight is 217 g/mol. The third-order valence-electron chi connectivity index (χ3n) is 1.91. The van der Waals surface area contributed by atoms with E-state index >= 15 is 0 Å². The Bertz CT molecular complexity index is 206. The molecule has 2 N–H and O–H groups in total. The second-order valence-corrected chi connectivity index (χ2v) is 3.35. The molecule has 0 spiro atoms. The third-order valence-corrected chi connectivity index (χ3v) is 1.91. The fourth-order valence-corrected chi connectivity index (χ4v) is 0.997. The minimum atomic E-state index is -0.812. The quantitative estimate of drug-likeness (QED) is 0.461. The number of aliphatic carboxylic acids is 1. The van der Waals surface area contributed by atoms with E-state index in [0.29, 0.717) is 32.5 Å². The van der Waals surface area contributed by atoms with Gasteiger partial charge >= 0.3 is 11.9 Å². The molecule has 0 amide bonds. The number of hydrogen-bond donors (Lipinski definition) is 2. The zero-order valence-electron chi connectivity index (χ0n) is 9.28. The molecule has 0 aliphatic heterocycles. The van der Waals surface area contributed by atoms with Gasteiger partial charge in [0, 0.05) is 13.0 Å². The van der Waals surface area contributed by atoms with Crippen LogP contribution in [0.2, 0.25) is 0 Å². The summed E-state index contributed by atoms with van der Waals surface area (Å²) in [5.41, 5.74) is 0.